The van der Waals surface area contributed by atoms with Gasteiger partial charge in [0.2, 0.25) is 0 Å². The monoisotopic (exact) mass is 1020 g/mol. The average Bonchev–Trinajstić information content (AvgIpc) is 3.36. The second-order valence-corrected chi connectivity index (χ2v) is 19.4. The molecule has 0 spiro atoms. The Morgan fingerprint density at radius 1 is 0.333 bits per heavy atom. The molecule has 3 unspecified atom stereocenters. The van der Waals surface area contributed by atoms with E-state index in [0.29, 0.717) is 59.5 Å². The zero-order valence-corrected chi connectivity index (χ0v) is 44.3. The van der Waals surface area contributed by atoms with Gasteiger partial charge in [0.25, 0.3) is 0 Å². The van der Waals surface area contributed by atoms with Crippen LogP contribution in [0.1, 0.15) is 76.0 Å². The van der Waals surface area contributed by atoms with E-state index >= 15 is 0 Å². The number of nitrogens with zero attached hydrogens (tertiary/aromatic N) is 3. The first-order valence-electron chi connectivity index (χ1n) is 24.7. The number of benzene rings is 3. The van der Waals surface area contributed by atoms with Crippen molar-refractivity contribution in [1.29, 1.82) is 0 Å². The molecule has 69 heavy (non-hydrogen) atoms. The van der Waals surface area contributed by atoms with Crippen molar-refractivity contribution in [3.63, 3.8) is 0 Å². The first-order chi connectivity index (χ1) is 33.9. The standard InChI is InChI=1S/C51H78N3O12P3/c1-4-7-28-58-37-40-61-31-22-43-10-16-46(17-11-43)67-64-34-25-52-49(55)53(26-35-65-68-47-18-12-44(13-19-47)23-32-62-41-38-59-29-8-5-2)51(57)54(50(52)56)27-36-66-69-48-20-14-45(15-21-48)24-33-63-42-39-60-30-9-6-3/h10-21,67-69H,4-9,22-42H2,1-3H3. The Kier molecular flexibility index (Phi) is 32.0. The molecule has 384 valence electrons. The van der Waals surface area contributed by atoms with Crippen LogP contribution in [0.15, 0.2) is 87.2 Å². The molecule has 0 aliphatic rings. The van der Waals surface area contributed by atoms with E-state index in [0.717, 1.165) is 124 Å². The minimum absolute atomic E-state index is 0.00830. The van der Waals surface area contributed by atoms with Crippen LogP contribution in [-0.2, 0) is 80.9 Å². The summed E-state index contributed by atoms with van der Waals surface area (Å²) < 4.78 is 54.9. The first kappa shape index (κ1) is 58.6. The van der Waals surface area contributed by atoms with Gasteiger partial charge in [0.1, 0.15) is 0 Å². The molecule has 0 saturated heterocycles. The minimum atomic E-state index is -0.702. The van der Waals surface area contributed by atoms with E-state index in [4.69, 9.17) is 42.0 Å². The van der Waals surface area contributed by atoms with Crippen molar-refractivity contribution < 1.29 is 42.0 Å². The molecule has 1 aromatic heterocycles. The molecule has 0 bridgehead atoms. The largest absolute Gasteiger partial charge is 0.379 e. The summed E-state index contributed by atoms with van der Waals surface area (Å²) in [5.41, 5.74) is 1.36. The van der Waals surface area contributed by atoms with Crippen LogP contribution in [0.4, 0.5) is 0 Å². The highest BCUT2D eigenvalue weighted by Gasteiger charge is 2.16. The number of unbranched alkanes of at least 4 members (excludes halogenated alkanes) is 3. The highest BCUT2D eigenvalue weighted by atomic mass is 31.1. The topological polar surface area (TPSA) is 149 Å². The van der Waals surface area contributed by atoms with Crippen molar-refractivity contribution in [1.82, 2.24) is 13.7 Å². The highest BCUT2D eigenvalue weighted by molar-refractivity contribution is 7.42. The maximum atomic E-state index is 13.8. The molecule has 0 aliphatic heterocycles. The van der Waals surface area contributed by atoms with Crippen molar-refractivity contribution in [2.45, 2.75) is 98.2 Å². The Morgan fingerprint density at radius 3 is 0.826 bits per heavy atom. The maximum Gasteiger partial charge on any atom is 0.336 e. The fourth-order valence-corrected chi connectivity index (χ4v) is 8.55. The maximum absolute atomic E-state index is 13.8. The van der Waals surface area contributed by atoms with E-state index in [1.165, 1.54) is 0 Å². The lowest BCUT2D eigenvalue weighted by Gasteiger charge is -2.15. The normalized spacial score (nSPS) is 12.0. The van der Waals surface area contributed by atoms with Crippen LogP contribution in [0.25, 0.3) is 0 Å². The smallest absolute Gasteiger partial charge is 0.336 e. The Hall–Kier alpha value is -3.00. The molecule has 1 heterocycles. The Morgan fingerprint density at radius 2 is 0.580 bits per heavy atom. The van der Waals surface area contributed by atoms with E-state index in [-0.39, 0.29) is 65.9 Å². The van der Waals surface area contributed by atoms with Crippen molar-refractivity contribution in [2.75, 3.05) is 99.1 Å². The molecule has 3 atom stereocenters. The highest BCUT2D eigenvalue weighted by Crippen LogP contribution is 2.15. The SMILES string of the molecule is CCCCOCCOCCc1ccc(POCCn2c(=O)n(CCOPc3ccc(CCOCCOCCCC)cc3)c(=O)n(CCOPc3ccc(CCOCCOCCCC)cc3)c2=O)cc1. The van der Waals surface area contributed by atoms with Crippen molar-refractivity contribution in [3.8, 4) is 0 Å². The lowest BCUT2D eigenvalue weighted by molar-refractivity contribution is 0.0479. The fraction of sp³-hybridized carbons (Fsp3) is 0.588. The molecule has 4 aromatic rings. The van der Waals surface area contributed by atoms with Gasteiger partial charge in [0.15, 0.2) is 0 Å². The molecule has 18 heteroatoms. The summed E-state index contributed by atoms with van der Waals surface area (Å²) in [4.78, 5) is 41.3. The summed E-state index contributed by atoms with van der Waals surface area (Å²) in [6, 6.07) is 24.4. The molecule has 15 nitrogen and oxygen atoms in total. The van der Waals surface area contributed by atoms with Crippen LogP contribution in [0.2, 0.25) is 0 Å². The zero-order valence-electron chi connectivity index (χ0n) is 41.3. The van der Waals surface area contributed by atoms with Gasteiger partial charge in [-0.15, -0.1) is 0 Å². The molecule has 0 fully saturated rings. The van der Waals surface area contributed by atoms with Crippen LogP contribution in [-0.4, -0.2) is 113 Å². The third-order valence-electron chi connectivity index (χ3n) is 10.7. The predicted octanol–water partition coefficient (Wildman–Crippen LogP) is 6.11. The average molecular weight is 1020 g/mol. The Labute approximate surface area is 414 Å². The van der Waals surface area contributed by atoms with E-state index in [9.17, 15) is 14.4 Å². The summed E-state index contributed by atoms with van der Waals surface area (Å²) in [5.74, 6) is 0. The molecule has 0 aliphatic carbocycles. The van der Waals surface area contributed by atoms with Crippen molar-refractivity contribution in [3.05, 3.63) is 121 Å². The molecular formula is C51H78N3O12P3. The molecule has 3 aromatic carbocycles. The first-order valence-corrected chi connectivity index (χ1v) is 27.5. The number of hydrogen-bond acceptors (Lipinski definition) is 12. The van der Waals surface area contributed by atoms with Gasteiger partial charge >= 0.3 is 17.1 Å². The minimum Gasteiger partial charge on any atom is -0.379 e. The lowest BCUT2D eigenvalue weighted by atomic mass is 10.2. The van der Waals surface area contributed by atoms with Crippen LogP contribution in [0.3, 0.4) is 0 Å². The molecule has 0 radical (unpaired) electrons. The van der Waals surface area contributed by atoms with E-state index in [2.05, 4.69) is 57.2 Å². The summed E-state index contributed by atoms with van der Waals surface area (Å²) >= 11 is 0. The van der Waals surface area contributed by atoms with Crippen LogP contribution < -0.4 is 33.0 Å². The third-order valence-corrected chi connectivity index (χ3v) is 13.5. The lowest BCUT2D eigenvalue weighted by Crippen LogP contribution is -2.55. The molecule has 0 amide bonds. The predicted molar refractivity (Wildman–Crippen MR) is 281 cm³/mol. The fourth-order valence-electron chi connectivity index (χ4n) is 6.56. The molecule has 0 saturated carbocycles. The van der Waals surface area contributed by atoms with Gasteiger partial charge in [-0.05, 0) is 71.1 Å². The quantitative estimate of drug-likeness (QED) is 0.0373. The van der Waals surface area contributed by atoms with Crippen LogP contribution in [0.5, 0.6) is 0 Å². The van der Waals surface area contributed by atoms with Gasteiger partial charge in [-0.3, -0.25) is 0 Å². The van der Waals surface area contributed by atoms with Crippen molar-refractivity contribution >= 4 is 42.3 Å². The van der Waals surface area contributed by atoms with Gasteiger partial charge in [0.05, 0.1) is 98.9 Å². The van der Waals surface area contributed by atoms with Gasteiger partial charge in [0, 0.05) is 46.2 Å². The van der Waals surface area contributed by atoms with Gasteiger partial charge in [-0.25, -0.2) is 28.1 Å². The number of hydrogen-bond donors (Lipinski definition) is 0. The van der Waals surface area contributed by atoms with Gasteiger partial charge < -0.3 is 42.0 Å². The molecule has 0 N–H and O–H groups in total. The number of ether oxygens (including phenoxy) is 6. The van der Waals surface area contributed by atoms with E-state index in [1.807, 2.05) is 36.4 Å². The Bertz CT molecular complexity index is 1830. The third kappa shape index (κ3) is 24.8. The summed E-state index contributed by atoms with van der Waals surface area (Å²) in [6.45, 7) is 14.4. The van der Waals surface area contributed by atoms with Gasteiger partial charge in [-0.1, -0.05) is 113 Å². The number of rotatable bonds is 42. The van der Waals surface area contributed by atoms with Crippen molar-refractivity contribution in [2.24, 2.45) is 0 Å². The second-order valence-electron chi connectivity index (χ2n) is 16.2. The molecular weight excluding hydrogens is 939 g/mol. The zero-order chi connectivity index (χ0) is 49.0. The molecule has 4 rings (SSSR count). The summed E-state index contributed by atoms with van der Waals surface area (Å²) in [7, 11) is 0.0249. The van der Waals surface area contributed by atoms with Crippen LogP contribution >= 0.6 is 26.4 Å². The second kappa shape index (κ2) is 37.7. The van der Waals surface area contributed by atoms with Crippen LogP contribution in [0, 0.1) is 0 Å². The van der Waals surface area contributed by atoms with E-state index < -0.39 is 17.1 Å². The Balaban J connectivity index is 1.28. The van der Waals surface area contributed by atoms with E-state index in [1.54, 1.807) is 0 Å². The van der Waals surface area contributed by atoms with Gasteiger partial charge in [-0.2, -0.15) is 0 Å². The summed E-state index contributed by atoms with van der Waals surface area (Å²) in [6.07, 6.45) is 8.92. The number of aromatic nitrogens is 3. The summed E-state index contributed by atoms with van der Waals surface area (Å²) in [5, 5.41) is 2.96.